The molecule has 0 saturated heterocycles. The molecule has 1 atom stereocenters. The molecule has 1 rings (SSSR count). The molecule has 0 saturated carbocycles. The standard InChI is InChI=1S/C12H22N4O2/c1-8(7-12(2,3)4)6-9(17)13-10-14-11(18-5)16-15-10/h8H,6-7H2,1-5H3,(H2,13,14,15,16,17). The van der Waals surface area contributed by atoms with E-state index in [-0.39, 0.29) is 17.3 Å². The van der Waals surface area contributed by atoms with Crippen molar-refractivity contribution >= 4 is 11.9 Å². The van der Waals surface area contributed by atoms with Gasteiger partial charge in [0, 0.05) is 6.42 Å². The second-order valence-corrected chi connectivity index (χ2v) is 5.79. The van der Waals surface area contributed by atoms with E-state index in [4.69, 9.17) is 4.74 Å². The molecule has 0 spiro atoms. The van der Waals surface area contributed by atoms with Crippen LogP contribution in [0.1, 0.15) is 40.5 Å². The van der Waals surface area contributed by atoms with Crippen LogP contribution in [0, 0.1) is 11.3 Å². The van der Waals surface area contributed by atoms with Crippen molar-refractivity contribution in [3.05, 3.63) is 0 Å². The molecule has 6 nitrogen and oxygen atoms in total. The van der Waals surface area contributed by atoms with Crippen LogP contribution in [0.15, 0.2) is 0 Å². The van der Waals surface area contributed by atoms with E-state index < -0.39 is 0 Å². The van der Waals surface area contributed by atoms with E-state index in [1.54, 1.807) is 0 Å². The van der Waals surface area contributed by atoms with E-state index in [0.29, 0.717) is 18.3 Å². The minimum atomic E-state index is -0.0643. The van der Waals surface area contributed by atoms with Gasteiger partial charge in [-0.3, -0.25) is 10.1 Å². The van der Waals surface area contributed by atoms with E-state index in [2.05, 4.69) is 48.2 Å². The number of carbonyl (C=O) groups excluding carboxylic acids is 1. The van der Waals surface area contributed by atoms with Crippen LogP contribution >= 0.6 is 0 Å². The molecular formula is C12H22N4O2. The molecule has 1 amide bonds. The van der Waals surface area contributed by atoms with Crippen LogP contribution in [0.25, 0.3) is 0 Å². The third-order valence-electron chi connectivity index (χ3n) is 2.40. The highest BCUT2D eigenvalue weighted by Crippen LogP contribution is 2.26. The number of methoxy groups -OCH3 is 1. The molecule has 6 heteroatoms. The van der Waals surface area contributed by atoms with Gasteiger partial charge in [-0.15, -0.1) is 5.10 Å². The number of amides is 1. The fraction of sp³-hybridized carbons (Fsp3) is 0.750. The molecule has 102 valence electrons. The quantitative estimate of drug-likeness (QED) is 0.844. The van der Waals surface area contributed by atoms with Crippen LogP contribution in [0.2, 0.25) is 0 Å². The van der Waals surface area contributed by atoms with Crippen molar-refractivity contribution in [1.29, 1.82) is 0 Å². The second kappa shape index (κ2) is 5.84. The Bertz CT molecular complexity index is 395. The maximum Gasteiger partial charge on any atom is 0.336 e. The van der Waals surface area contributed by atoms with Crippen LogP contribution in [0.5, 0.6) is 6.01 Å². The topological polar surface area (TPSA) is 79.9 Å². The third kappa shape index (κ3) is 5.16. The Kier molecular flexibility index (Phi) is 4.69. The molecule has 0 bridgehead atoms. The smallest absolute Gasteiger partial charge is 0.336 e. The number of rotatable bonds is 5. The Labute approximate surface area is 108 Å². The average molecular weight is 254 g/mol. The van der Waals surface area contributed by atoms with Crippen molar-refractivity contribution in [3.63, 3.8) is 0 Å². The monoisotopic (exact) mass is 254 g/mol. The molecule has 2 N–H and O–H groups in total. The van der Waals surface area contributed by atoms with Crippen LogP contribution in [0.3, 0.4) is 0 Å². The Hall–Kier alpha value is -1.59. The number of aromatic amines is 1. The van der Waals surface area contributed by atoms with Gasteiger partial charge >= 0.3 is 6.01 Å². The Morgan fingerprint density at radius 3 is 2.67 bits per heavy atom. The fourth-order valence-electron chi connectivity index (χ4n) is 2.01. The first-order valence-corrected chi connectivity index (χ1v) is 6.06. The zero-order valence-corrected chi connectivity index (χ0v) is 11.7. The molecule has 0 aliphatic carbocycles. The Morgan fingerprint density at radius 1 is 1.50 bits per heavy atom. The van der Waals surface area contributed by atoms with Crippen molar-refractivity contribution in [1.82, 2.24) is 15.2 Å². The van der Waals surface area contributed by atoms with Crippen molar-refractivity contribution in [2.24, 2.45) is 11.3 Å². The number of anilines is 1. The van der Waals surface area contributed by atoms with E-state index in [1.165, 1.54) is 7.11 Å². The van der Waals surface area contributed by atoms with Gasteiger partial charge in [0.1, 0.15) is 0 Å². The summed E-state index contributed by atoms with van der Waals surface area (Å²) in [7, 11) is 1.47. The summed E-state index contributed by atoms with van der Waals surface area (Å²) in [6, 6.07) is 0.216. The maximum atomic E-state index is 11.8. The fourth-order valence-corrected chi connectivity index (χ4v) is 2.01. The van der Waals surface area contributed by atoms with Crippen LogP contribution in [-0.4, -0.2) is 28.2 Å². The Morgan fingerprint density at radius 2 is 2.17 bits per heavy atom. The highest BCUT2D eigenvalue weighted by atomic mass is 16.5. The minimum absolute atomic E-state index is 0.0643. The summed E-state index contributed by atoms with van der Waals surface area (Å²) < 4.78 is 4.82. The molecule has 1 aromatic heterocycles. The molecule has 0 aliphatic heterocycles. The zero-order valence-electron chi connectivity index (χ0n) is 11.7. The van der Waals surface area contributed by atoms with E-state index in [1.807, 2.05) is 0 Å². The van der Waals surface area contributed by atoms with Crippen molar-refractivity contribution < 1.29 is 9.53 Å². The summed E-state index contributed by atoms with van der Waals surface area (Å²) in [5, 5.41) is 9.01. The van der Waals surface area contributed by atoms with Crippen molar-refractivity contribution in [3.8, 4) is 6.01 Å². The lowest BCUT2D eigenvalue weighted by Crippen LogP contribution is -2.19. The molecule has 1 unspecified atom stereocenters. The van der Waals surface area contributed by atoms with Gasteiger partial charge in [0.2, 0.25) is 11.9 Å². The highest BCUT2D eigenvalue weighted by molar-refractivity contribution is 5.89. The molecule has 0 fully saturated rings. The molecule has 1 heterocycles. The van der Waals surface area contributed by atoms with E-state index in [0.717, 1.165) is 6.42 Å². The third-order valence-corrected chi connectivity index (χ3v) is 2.40. The molecular weight excluding hydrogens is 232 g/mol. The van der Waals surface area contributed by atoms with Crippen LogP contribution in [-0.2, 0) is 4.79 Å². The Balaban J connectivity index is 2.41. The second-order valence-electron chi connectivity index (χ2n) is 5.79. The predicted octanol–water partition coefficient (Wildman–Crippen LogP) is 2.21. The largest absolute Gasteiger partial charge is 0.466 e. The lowest BCUT2D eigenvalue weighted by molar-refractivity contribution is -0.117. The van der Waals surface area contributed by atoms with Gasteiger partial charge in [-0.2, -0.15) is 4.98 Å². The SMILES string of the molecule is COc1n[nH]c(NC(=O)CC(C)CC(C)(C)C)n1. The van der Waals surface area contributed by atoms with Gasteiger partial charge < -0.3 is 4.74 Å². The molecule has 0 aliphatic rings. The molecule has 0 aromatic carbocycles. The van der Waals surface area contributed by atoms with Crippen molar-refractivity contribution in [2.75, 3.05) is 12.4 Å². The van der Waals surface area contributed by atoms with Crippen LogP contribution < -0.4 is 10.1 Å². The zero-order chi connectivity index (χ0) is 13.8. The lowest BCUT2D eigenvalue weighted by Gasteiger charge is -2.22. The normalized spacial score (nSPS) is 13.2. The van der Waals surface area contributed by atoms with Gasteiger partial charge in [-0.1, -0.05) is 27.7 Å². The van der Waals surface area contributed by atoms with E-state index >= 15 is 0 Å². The van der Waals surface area contributed by atoms with Gasteiger partial charge in [-0.05, 0) is 17.8 Å². The summed E-state index contributed by atoms with van der Waals surface area (Å²) in [4.78, 5) is 15.7. The number of hydrogen-bond donors (Lipinski definition) is 2. The average Bonchev–Trinajstić information content (AvgIpc) is 2.61. The number of nitrogens with one attached hydrogen (secondary N) is 2. The highest BCUT2D eigenvalue weighted by Gasteiger charge is 2.18. The number of ether oxygens (including phenoxy) is 1. The van der Waals surface area contributed by atoms with E-state index in [9.17, 15) is 4.79 Å². The molecule has 18 heavy (non-hydrogen) atoms. The van der Waals surface area contributed by atoms with Crippen LogP contribution in [0.4, 0.5) is 5.95 Å². The number of aromatic nitrogens is 3. The first-order chi connectivity index (χ1) is 8.30. The predicted molar refractivity (Wildman–Crippen MR) is 69.4 cm³/mol. The number of nitrogens with zero attached hydrogens (tertiary/aromatic N) is 2. The summed E-state index contributed by atoms with van der Waals surface area (Å²) in [6.07, 6.45) is 1.47. The molecule has 1 aromatic rings. The summed E-state index contributed by atoms with van der Waals surface area (Å²) in [5.74, 6) is 0.583. The molecule has 0 radical (unpaired) electrons. The van der Waals surface area contributed by atoms with Crippen molar-refractivity contribution in [2.45, 2.75) is 40.5 Å². The maximum absolute atomic E-state index is 11.8. The summed E-state index contributed by atoms with van der Waals surface area (Å²) >= 11 is 0. The first-order valence-electron chi connectivity index (χ1n) is 6.06. The lowest BCUT2D eigenvalue weighted by atomic mass is 9.84. The van der Waals surface area contributed by atoms with Gasteiger partial charge in [0.05, 0.1) is 7.11 Å². The van der Waals surface area contributed by atoms with Gasteiger partial charge in [-0.25, -0.2) is 5.10 Å². The van der Waals surface area contributed by atoms with Gasteiger partial charge in [0.15, 0.2) is 0 Å². The summed E-state index contributed by atoms with van der Waals surface area (Å²) in [6.45, 7) is 8.58. The number of hydrogen-bond acceptors (Lipinski definition) is 4. The summed E-state index contributed by atoms with van der Waals surface area (Å²) in [5.41, 5.74) is 0.231. The first kappa shape index (κ1) is 14.5. The number of carbonyl (C=O) groups is 1. The van der Waals surface area contributed by atoms with Gasteiger partial charge in [0.25, 0.3) is 0 Å². The minimum Gasteiger partial charge on any atom is -0.466 e. The number of H-pyrrole nitrogens is 1.